The van der Waals surface area contributed by atoms with Crippen molar-refractivity contribution in [1.29, 1.82) is 0 Å². The van der Waals surface area contributed by atoms with E-state index < -0.39 is 20.7 Å². The van der Waals surface area contributed by atoms with Crippen LogP contribution in [0.2, 0.25) is 0 Å². The first kappa shape index (κ1) is 26.0. The lowest BCUT2D eigenvalue weighted by atomic mass is 9.74. The molecule has 196 valence electrons. The number of nitrogens with two attached hydrogens (primary N) is 1. The topological polar surface area (TPSA) is 123 Å². The van der Waals surface area contributed by atoms with E-state index in [2.05, 4.69) is 10.3 Å². The number of piperidine rings is 1. The molecule has 1 aromatic heterocycles. The Kier molecular flexibility index (Phi) is 7.33. The number of allylic oxidation sites excluding steroid dienone is 2. The Hall–Kier alpha value is -3.05. The summed E-state index contributed by atoms with van der Waals surface area (Å²) >= 11 is 0. The van der Waals surface area contributed by atoms with E-state index in [-0.39, 0.29) is 0 Å². The van der Waals surface area contributed by atoms with Crippen LogP contribution in [0.1, 0.15) is 26.7 Å². The van der Waals surface area contributed by atoms with Crippen molar-refractivity contribution in [2.75, 3.05) is 58.1 Å². The zero-order valence-corrected chi connectivity index (χ0v) is 22.4. The highest BCUT2D eigenvalue weighted by atomic mass is 32.2. The number of hydrogen-bond acceptors (Lipinski definition) is 9. The first-order valence-electron chi connectivity index (χ1n) is 12.1. The van der Waals surface area contributed by atoms with Gasteiger partial charge in [-0.1, -0.05) is 12.2 Å². The zero-order chi connectivity index (χ0) is 26.1. The number of aromatic nitrogens is 2. The van der Waals surface area contributed by atoms with Crippen molar-refractivity contribution in [3.05, 3.63) is 36.1 Å². The van der Waals surface area contributed by atoms with Gasteiger partial charge >= 0.3 is 0 Å². The first-order chi connectivity index (χ1) is 17.1. The maximum atomic E-state index is 13.3. The molecule has 36 heavy (non-hydrogen) atoms. The lowest BCUT2D eigenvalue weighted by Crippen LogP contribution is -2.51. The standard InChI is InChI=1S/C25H36N6O4S/c1-17(2)36(32,33)31-13-7-6-8-22(31)25(9-11-27-12-10-25)16-30(3)24-28-19-15-21(35-5)20(34-4)14-18(19)23(26)29-24/h6-8,14-15,17,27H,9-13,16H2,1-5H3,(H2,26,28,29). The van der Waals surface area contributed by atoms with Crippen molar-refractivity contribution in [2.24, 2.45) is 5.41 Å². The number of hydrogen-bond donors (Lipinski definition) is 2. The molecule has 0 amide bonds. The van der Waals surface area contributed by atoms with E-state index >= 15 is 0 Å². The Morgan fingerprint density at radius 3 is 2.47 bits per heavy atom. The molecule has 3 N–H and O–H groups in total. The third-order valence-electron chi connectivity index (χ3n) is 7.04. The lowest BCUT2D eigenvalue weighted by molar-refractivity contribution is 0.220. The number of sulfonamides is 1. The minimum atomic E-state index is -3.49. The number of anilines is 2. The van der Waals surface area contributed by atoms with Gasteiger partial charge in [0.1, 0.15) is 5.82 Å². The van der Waals surface area contributed by atoms with E-state index in [0.29, 0.717) is 47.3 Å². The Morgan fingerprint density at radius 2 is 1.83 bits per heavy atom. The van der Waals surface area contributed by atoms with Gasteiger partial charge in [-0.15, -0.1) is 0 Å². The minimum Gasteiger partial charge on any atom is -0.493 e. The van der Waals surface area contributed by atoms with Gasteiger partial charge < -0.3 is 25.4 Å². The summed E-state index contributed by atoms with van der Waals surface area (Å²) < 4.78 is 39.0. The Morgan fingerprint density at radius 1 is 1.17 bits per heavy atom. The molecule has 1 fully saturated rings. The van der Waals surface area contributed by atoms with E-state index in [9.17, 15) is 8.42 Å². The van der Waals surface area contributed by atoms with Gasteiger partial charge in [0.25, 0.3) is 0 Å². The molecule has 3 heterocycles. The molecule has 11 heteroatoms. The summed E-state index contributed by atoms with van der Waals surface area (Å²) in [5.74, 6) is 1.92. The van der Waals surface area contributed by atoms with E-state index in [1.165, 1.54) is 0 Å². The van der Waals surface area contributed by atoms with Crippen LogP contribution in [0.3, 0.4) is 0 Å². The summed E-state index contributed by atoms with van der Waals surface area (Å²) in [6, 6.07) is 3.56. The zero-order valence-electron chi connectivity index (χ0n) is 21.6. The summed E-state index contributed by atoms with van der Waals surface area (Å²) in [5, 5.41) is 3.58. The van der Waals surface area contributed by atoms with Crippen LogP contribution in [0.4, 0.5) is 11.8 Å². The quantitative estimate of drug-likeness (QED) is 0.545. The highest BCUT2D eigenvalue weighted by molar-refractivity contribution is 7.89. The van der Waals surface area contributed by atoms with Crippen molar-refractivity contribution in [1.82, 2.24) is 19.6 Å². The van der Waals surface area contributed by atoms with Crippen LogP contribution in [0.5, 0.6) is 11.5 Å². The first-order valence-corrected chi connectivity index (χ1v) is 13.6. The lowest BCUT2D eigenvalue weighted by Gasteiger charge is -2.46. The molecule has 0 bridgehead atoms. The number of ether oxygens (including phenoxy) is 2. The molecule has 0 atom stereocenters. The van der Waals surface area contributed by atoms with Gasteiger partial charge in [-0.05, 0) is 51.9 Å². The molecule has 2 aliphatic heterocycles. The Balaban J connectivity index is 1.74. The average molecular weight is 517 g/mol. The van der Waals surface area contributed by atoms with Gasteiger partial charge in [-0.3, -0.25) is 4.31 Å². The van der Waals surface area contributed by atoms with Crippen molar-refractivity contribution in [2.45, 2.75) is 31.9 Å². The summed E-state index contributed by atoms with van der Waals surface area (Å²) in [4.78, 5) is 11.3. The molecule has 0 radical (unpaired) electrons. The van der Waals surface area contributed by atoms with Gasteiger partial charge in [-0.25, -0.2) is 13.4 Å². The fourth-order valence-corrected chi connectivity index (χ4v) is 6.33. The van der Waals surface area contributed by atoms with E-state index in [0.717, 1.165) is 31.6 Å². The van der Waals surface area contributed by atoms with Crippen LogP contribution in [0.25, 0.3) is 10.9 Å². The third kappa shape index (κ3) is 4.69. The monoisotopic (exact) mass is 516 g/mol. The van der Waals surface area contributed by atoms with Gasteiger partial charge in [0, 0.05) is 36.2 Å². The van der Waals surface area contributed by atoms with Crippen molar-refractivity contribution < 1.29 is 17.9 Å². The van der Waals surface area contributed by atoms with Crippen molar-refractivity contribution in [3.63, 3.8) is 0 Å². The number of fused-ring (bicyclic) bond motifs is 1. The van der Waals surface area contributed by atoms with E-state index in [4.69, 9.17) is 20.2 Å². The SMILES string of the molecule is COc1cc2nc(N(C)CC3(C4=CC=CCN4S(=O)(=O)C(C)C)CCNCC3)nc(N)c2cc1OC. The second-order valence-electron chi connectivity index (χ2n) is 9.62. The van der Waals surface area contributed by atoms with Crippen LogP contribution in [-0.2, 0) is 10.0 Å². The molecule has 0 saturated carbocycles. The van der Waals surface area contributed by atoms with Gasteiger partial charge in [0.2, 0.25) is 16.0 Å². The normalized spacial score (nSPS) is 17.8. The molecule has 2 aromatic rings. The second-order valence-corrected chi connectivity index (χ2v) is 12.0. The molecular formula is C25H36N6O4S. The van der Waals surface area contributed by atoms with Crippen LogP contribution in [0, 0.1) is 5.41 Å². The average Bonchev–Trinajstić information content (AvgIpc) is 2.88. The Labute approximate surface area is 213 Å². The maximum Gasteiger partial charge on any atom is 0.237 e. The van der Waals surface area contributed by atoms with Gasteiger partial charge in [0.15, 0.2) is 11.5 Å². The number of nitrogens with one attached hydrogen (secondary N) is 1. The number of methoxy groups -OCH3 is 2. The predicted molar refractivity (Wildman–Crippen MR) is 143 cm³/mol. The van der Waals surface area contributed by atoms with Crippen molar-refractivity contribution >= 4 is 32.7 Å². The van der Waals surface area contributed by atoms with Gasteiger partial charge in [0.05, 0.1) is 31.5 Å². The Bertz CT molecular complexity index is 1290. The number of benzene rings is 1. The molecular weight excluding hydrogens is 480 g/mol. The van der Waals surface area contributed by atoms with Crippen molar-refractivity contribution in [3.8, 4) is 11.5 Å². The molecule has 0 spiro atoms. The maximum absolute atomic E-state index is 13.3. The number of nitrogens with zero attached hydrogens (tertiary/aromatic N) is 4. The minimum absolute atomic E-state index is 0.339. The van der Waals surface area contributed by atoms with Crippen LogP contribution in [-0.4, -0.2) is 75.4 Å². The molecule has 0 unspecified atom stereocenters. The molecule has 4 rings (SSSR count). The smallest absolute Gasteiger partial charge is 0.237 e. The van der Waals surface area contributed by atoms with Crippen LogP contribution < -0.4 is 25.4 Å². The molecule has 1 saturated heterocycles. The fraction of sp³-hybridized carbons (Fsp3) is 0.520. The van der Waals surface area contributed by atoms with Crippen LogP contribution >= 0.6 is 0 Å². The number of nitrogen functional groups attached to an aromatic ring is 1. The molecule has 1 aromatic carbocycles. The van der Waals surface area contributed by atoms with E-state index in [1.807, 2.05) is 30.2 Å². The summed E-state index contributed by atoms with van der Waals surface area (Å²) in [6.07, 6.45) is 7.37. The molecule has 0 aliphatic carbocycles. The predicted octanol–water partition coefficient (Wildman–Crippen LogP) is 2.53. The summed E-state index contributed by atoms with van der Waals surface area (Å²) in [5.41, 5.74) is 7.40. The molecule has 2 aliphatic rings. The fourth-order valence-electron chi connectivity index (χ4n) is 5.00. The third-order valence-corrected chi connectivity index (χ3v) is 9.19. The van der Waals surface area contributed by atoms with Gasteiger partial charge in [-0.2, -0.15) is 4.98 Å². The largest absolute Gasteiger partial charge is 0.493 e. The van der Waals surface area contributed by atoms with Crippen LogP contribution in [0.15, 0.2) is 36.1 Å². The molecule has 10 nitrogen and oxygen atoms in total. The highest BCUT2D eigenvalue weighted by Crippen LogP contribution is 2.43. The van der Waals surface area contributed by atoms with E-state index in [1.54, 1.807) is 44.5 Å². The highest BCUT2D eigenvalue weighted by Gasteiger charge is 2.43. The second kappa shape index (κ2) is 10.1. The summed E-state index contributed by atoms with van der Waals surface area (Å²) in [7, 11) is 1.58. The summed E-state index contributed by atoms with van der Waals surface area (Å²) in [6.45, 7) is 5.91. The number of rotatable bonds is 8.